The van der Waals surface area contributed by atoms with Crippen LogP contribution in [0.25, 0.3) is 10.6 Å². The van der Waals surface area contributed by atoms with Gasteiger partial charge in [0.25, 0.3) is 0 Å². The minimum absolute atomic E-state index is 0.705. The van der Waals surface area contributed by atoms with Crippen LogP contribution >= 0.6 is 27.3 Å². The fourth-order valence-corrected chi connectivity index (χ4v) is 2.87. The van der Waals surface area contributed by atoms with E-state index in [1.807, 2.05) is 17.5 Å². The highest BCUT2D eigenvalue weighted by molar-refractivity contribution is 9.10. The monoisotopic (exact) mass is 298 g/mol. The highest BCUT2D eigenvalue weighted by Gasteiger charge is 2.20. The highest BCUT2D eigenvalue weighted by atomic mass is 79.9. The van der Waals surface area contributed by atoms with E-state index in [0.717, 1.165) is 27.3 Å². The lowest BCUT2D eigenvalue weighted by Gasteiger charge is -1.95. The SMILES string of the molecule is Brc1csc(-c2cc(CNC3CC3)no2)c1. The molecule has 0 amide bonds. The molecule has 0 aromatic carbocycles. The summed E-state index contributed by atoms with van der Waals surface area (Å²) in [5.41, 5.74) is 0.978. The van der Waals surface area contributed by atoms with Crippen molar-refractivity contribution in [3.8, 4) is 10.6 Å². The van der Waals surface area contributed by atoms with Crippen molar-refractivity contribution in [3.63, 3.8) is 0 Å². The van der Waals surface area contributed by atoms with Crippen LogP contribution in [0.1, 0.15) is 18.5 Å². The number of hydrogen-bond acceptors (Lipinski definition) is 4. The van der Waals surface area contributed by atoms with Crippen molar-refractivity contribution >= 4 is 27.3 Å². The van der Waals surface area contributed by atoms with Gasteiger partial charge in [0, 0.05) is 28.5 Å². The van der Waals surface area contributed by atoms with Crippen molar-refractivity contribution in [2.24, 2.45) is 0 Å². The molecule has 1 N–H and O–H groups in total. The van der Waals surface area contributed by atoms with Gasteiger partial charge in [0.2, 0.25) is 0 Å². The summed E-state index contributed by atoms with van der Waals surface area (Å²) in [4.78, 5) is 1.11. The van der Waals surface area contributed by atoms with Crippen LogP contribution in [0.2, 0.25) is 0 Å². The molecule has 1 aliphatic rings. The standard InChI is InChI=1S/C11H11BrN2OS/c12-7-3-11(16-6-7)10-4-9(14-15-10)5-13-8-1-2-8/h3-4,6,8,13H,1-2,5H2. The Labute approximate surface area is 106 Å². The molecule has 1 saturated carbocycles. The molecule has 0 spiro atoms. The molecular weight excluding hydrogens is 288 g/mol. The lowest BCUT2D eigenvalue weighted by atomic mass is 10.3. The molecular formula is C11H11BrN2OS. The average molecular weight is 299 g/mol. The van der Waals surface area contributed by atoms with Crippen molar-refractivity contribution in [1.29, 1.82) is 0 Å². The normalized spacial score (nSPS) is 15.6. The van der Waals surface area contributed by atoms with Crippen LogP contribution in [0.4, 0.5) is 0 Å². The molecule has 0 bridgehead atoms. The largest absolute Gasteiger partial charge is 0.355 e. The predicted octanol–water partition coefficient (Wildman–Crippen LogP) is 3.42. The van der Waals surface area contributed by atoms with E-state index in [4.69, 9.17) is 4.52 Å². The second kappa shape index (κ2) is 4.31. The topological polar surface area (TPSA) is 38.1 Å². The molecule has 1 aliphatic carbocycles. The van der Waals surface area contributed by atoms with Gasteiger partial charge < -0.3 is 9.84 Å². The average Bonchev–Trinajstić information content (AvgIpc) is 2.81. The summed E-state index contributed by atoms with van der Waals surface area (Å²) < 4.78 is 6.40. The molecule has 2 aromatic rings. The quantitative estimate of drug-likeness (QED) is 0.940. The third-order valence-corrected chi connectivity index (χ3v) is 4.22. The van der Waals surface area contributed by atoms with Crippen LogP contribution < -0.4 is 5.32 Å². The molecule has 2 aromatic heterocycles. The summed E-state index contributed by atoms with van der Waals surface area (Å²) in [6.45, 7) is 0.806. The smallest absolute Gasteiger partial charge is 0.177 e. The fourth-order valence-electron chi connectivity index (χ4n) is 1.49. The summed E-state index contributed by atoms with van der Waals surface area (Å²) in [6, 6.07) is 4.76. The van der Waals surface area contributed by atoms with Gasteiger partial charge in [-0.2, -0.15) is 0 Å². The summed E-state index contributed by atoms with van der Waals surface area (Å²) in [5.74, 6) is 0.850. The number of nitrogens with one attached hydrogen (secondary N) is 1. The van der Waals surface area contributed by atoms with Gasteiger partial charge in [0.1, 0.15) is 0 Å². The maximum Gasteiger partial charge on any atom is 0.177 e. The Morgan fingerprint density at radius 1 is 1.50 bits per heavy atom. The van der Waals surface area contributed by atoms with E-state index in [0.29, 0.717) is 6.04 Å². The van der Waals surface area contributed by atoms with E-state index >= 15 is 0 Å². The molecule has 3 rings (SSSR count). The minimum atomic E-state index is 0.705. The molecule has 84 valence electrons. The Morgan fingerprint density at radius 2 is 2.38 bits per heavy atom. The van der Waals surface area contributed by atoms with Crippen LogP contribution in [0.3, 0.4) is 0 Å². The number of aromatic nitrogens is 1. The lowest BCUT2D eigenvalue weighted by Crippen LogP contribution is -2.15. The van der Waals surface area contributed by atoms with Gasteiger partial charge in [0.05, 0.1) is 10.6 Å². The zero-order valence-electron chi connectivity index (χ0n) is 8.57. The maximum absolute atomic E-state index is 5.32. The van der Waals surface area contributed by atoms with Crippen LogP contribution in [0, 0.1) is 0 Å². The molecule has 16 heavy (non-hydrogen) atoms. The van der Waals surface area contributed by atoms with E-state index in [1.54, 1.807) is 11.3 Å². The summed E-state index contributed by atoms with van der Waals surface area (Å²) in [5, 5.41) is 9.51. The first-order valence-electron chi connectivity index (χ1n) is 5.24. The van der Waals surface area contributed by atoms with Crippen molar-refractivity contribution in [1.82, 2.24) is 10.5 Å². The van der Waals surface area contributed by atoms with E-state index < -0.39 is 0 Å². The fraction of sp³-hybridized carbons (Fsp3) is 0.364. The first kappa shape index (κ1) is 10.5. The minimum Gasteiger partial charge on any atom is -0.355 e. The van der Waals surface area contributed by atoms with Crippen LogP contribution in [-0.2, 0) is 6.54 Å². The lowest BCUT2D eigenvalue weighted by molar-refractivity contribution is 0.420. The molecule has 0 aliphatic heterocycles. The van der Waals surface area contributed by atoms with Crippen LogP contribution in [-0.4, -0.2) is 11.2 Å². The van der Waals surface area contributed by atoms with Gasteiger partial charge in [-0.1, -0.05) is 5.16 Å². The highest BCUT2D eigenvalue weighted by Crippen LogP contribution is 2.30. The Morgan fingerprint density at radius 3 is 3.06 bits per heavy atom. The van der Waals surface area contributed by atoms with Crippen molar-refractivity contribution < 1.29 is 4.52 Å². The first-order valence-corrected chi connectivity index (χ1v) is 6.92. The molecule has 2 heterocycles. The molecule has 0 unspecified atom stereocenters. The second-order valence-corrected chi connectivity index (χ2v) is 5.79. The van der Waals surface area contributed by atoms with E-state index in [-0.39, 0.29) is 0 Å². The number of halogens is 1. The number of nitrogens with zero attached hydrogens (tertiary/aromatic N) is 1. The van der Waals surface area contributed by atoms with Crippen molar-refractivity contribution in [2.75, 3.05) is 0 Å². The van der Waals surface area contributed by atoms with Gasteiger partial charge in [-0.25, -0.2) is 0 Å². The van der Waals surface area contributed by atoms with Crippen LogP contribution in [0.5, 0.6) is 0 Å². The third kappa shape index (κ3) is 2.36. The third-order valence-electron chi connectivity index (χ3n) is 2.52. The summed E-state index contributed by atoms with van der Waals surface area (Å²) in [6.07, 6.45) is 2.59. The van der Waals surface area contributed by atoms with Gasteiger partial charge in [0.15, 0.2) is 5.76 Å². The Hall–Kier alpha value is -0.650. The van der Waals surface area contributed by atoms with E-state index in [1.165, 1.54) is 12.8 Å². The zero-order valence-corrected chi connectivity index (χ0v) is 11.0. The zero-order chi connectivity index (χ0) is 11.0. The number of thiophene rings is 1. The maximum atomic E-state index is 5.32. The Balaban J connectivity index is 1.71. The van der Waals surface area contributed by atoms with Crippen molar-refractivity contribution in [3.05, 3.63) is 27.7 Å². The van der Waals surface area contributed by atoms with E-state index in [9.17, 15) is 0 Å². The molecule has 0 atom stereocenters. The first-order chi connectivity index (χ1) is 7.81. The van der Waals surface area contributed by atoms with Gasteiger partial charge in [-0.15, -0.1) is 11.3 Å². The van der Waals surface area contributed by atoms with E-state index in [2.05, 4.69) is 26.4 Å². The second-order valence-electron chi connectivity index (χ2n) is 3.97. The molecule has 3 nitrogen and oxygen atoms in total. The summed E-state index contributed by atoms with van der Waals surface area (Å²) in [7, 11) is 0. The molecule has 0 radical (unpaired) electrons. The van der Waals surface area contributed by atoms with Gasteiger partial charge >= 0.3 is 0 Å². The summed E-state index contributed by atoms with van der Waals surface area (Å²) >= 11 is 5.08. The Kier molecular flexibility index (Phi) is 2.83. The molecule has 0 saturated heterocycles. The number of hydrogen-bond donors (Lipinski definition) is 1. The van der Waals surface area contributed by atoms with Gasteiger partial charge in [-0.05, 0) is 34.8 Å². The van der Waals surface area contributed by atoms with Gasteiger partial charge in [-0.3, -0.25) is 0 Å². The van der Waals surface area contributed by atoms with Crippen LogP contribution in [0.15, 0.2) is 26.5 Å². The predicted molar refractivity (Wildman–Crippen MR) is 67.4 cm³/mol. The Bertz CT molecular complexity index is 490. The molecule has 1 fully saturated rings. The molecule has 5 heteroatoms. The number of rotatable bonds is 4. The van der Waals surface area contributed by atoms with Crippen molar-refractivity contribution in [2.45, 2.75) is 25.4 Å².